The summed E-state index contributed by atoms with van der Waals surface area (Å²) in [5.74, 6) is -2.16. The van der Waals surface area contributed by atoms with Crippen LogP contribution in [0.5, 0.6) is 28.7 Å². The lowest BCUT2D eigenvalue weighted by Gasteiger charge is -2.44. The van der Waals surface area contributed by atoms with E-state index in [4.69, 9.17) is 18.9 Å². The van der Waals surface area contributed by atoms with Crippen LogP contribution < -0.4 is 28.7 Å². The molecule has 318 valence electrons. The maximum atomic E-state index is 14.6. The molecule has 0 spiro atoms. The summed E-state index contributed by atoms with van der Waals surface area (Å²) in [6.07, 6.45) is 10.3. The number of hydrogen-bond donors (Lipinski definition) is 1. The molecule has 0 aromatic heterocycles. The lowest BCUT2D eigenvalue weighted by atomic mass is 9.57. The average molecular weight is 843 g/mol. The van der Waals surface area contributed by atoms with Gasteiger partial charge in [-0.1, -0.05) is 72.4 Å². The summed E-state index contributed by atoms with van der Waals surface area (Å²) in [6.45, 7) is 0. The second-order valence-electron chi connectivity index (χ2n) is 16.2. The van der Waals surface area contributed by atoms with Gasteiger partial charge < -0.3 is 24.1 Å². The molecule has 63 heavy (non-hydrogen) atoms. The Labute approximate surface area is 365 Å². The third-order valence-electron chi connectivity index (χ3n) is 13.0. The number of nitrogens with zero attached hydrogens (tertiary/aromatic N) is 2. The summed E-state index contributed by atoms with van der Waals surface area (Å²) in [7, 11) is 6.42. The lowest BCUT2D eigenvalue weighted by Crippen LogP contribution is -2.43. The lowest BCUT2D eigenvalue weighted by molar-refractivity contribution is -0.126. The minimum Gasteiger partial charge on any atom is -0.508 e. The summed E-state index contributed by atoms with van der Waals surface area (Å²) in [5, 5.41) is 10.2. The summed E-state index contributed by atoms with van der Waals surface area (Å²) in [6, 6.07) is 32.3. The number of rotatable bonds is 11. The first-order valence-corrected chi connectivity index (χ1v) is 20.9. The Morgan fingerprint density at radius 2 is 1.02 bits per heavy atom. The number of anilines is 2. The highest BCUT2D eigenvalue weighted by molar-refractivity contribution is 6.24. The number of benzene rings is 5. The van der Waals surface area contributed by atoms with Gasteiger partial charge in [-0.3, -0.25) is 29.0 Å². The minimum absolute atomic E-state index is 0.0727. The predicted molar refractivity (Wildman–Crippen MR) is 240 cm³/mol. The first-order chi connectivity index (χ1) is 30.6. The molecule has 1 N–H and O–H groups in total. The molecule has 2 saturated heterocycles. The summed E-state index contributed by atoms with van der Waals surface area (Å²) in [5.41, 5.74) is 5.93. The molecule has 5 aromatic carbocycles. The van der Waals surface area contributed by atoms with Gasteiger partial charge in [-0.25, -0.2) is 0 Å². The van der Waals surface area contributed by atoms with E-state index in [9.17, 15) is 24.3 Å². The van der Waals surface area contributed by atoms with Crippen molar-refractivity contribution in [1.82, 2.24) is 0 Å². The van der Waals surface area contributed by atoms with E-state index >= 15 is 0 Å². The topological polar surface area (TPSA) is 132 Å². The van der Waals surface area contributed by atoms with Gasteiger partial charge >= 0.3 is 0 Å². The molecular formula is C52H46N2O9. The number of fused-ring (bicyclic) bond motifs is 4. The number of carbonyl (C=O) groups is 4. The highest BCUT2D eigenvalue weighted by atomic mass is 16.5. The van der Waals surface area contributed by atoms with Gasteiger partial charge in [0.1, 0.15) is 28.7 Å². The van der Waals surface area contributed by atoms with Crippen LogP contribution in [0.15, 0.2) is 121 Å². The first-order valence-electron chi connectivity index (χ1n) is 20.9. The maximum Gasteiger partial charge on any atom is 0.238 e. The number of ether oxygens (including phenoxy) is 4. The SMILES string of the molecule is COc1ccc(OC)c(C=Cc2ccc(N3C(=O)C4CC=C5C(CC6C(=O)N(c7ccc(C=Cc8cc(OC)ccc8OC)cc7)C(=O)C6C5c5ccc(O)cc5)C4C3=O)cc2)c1. The number of methoxy groups -OCH3 is 4. The molecule has 11 heteroatoms. The highest BCUT2D eigenvalue weighted by Crippen LogP contribution is 2.58. The molecule has 9 rings (SSSR count). The van der Waals surface area contributed by atoms with Gasteiger partial charge in [0.05, 0.1) is 63.5 Å². The number of phenolic OH excluding ortho intramolecular Hbond substituents is 1. The molecule has 4 amide bonds. The fraction of sp³-hybridized carbons (Fsp3) is 0.231. The zero-order valence-electron chi connectivity index (χ0n) is 35.3. The van der Waals surface area contributed by atoms with E-state index in [0.29, 0.717) is 40.8 Å². The fourth-order valence-electron chi connectivity index (χ4n) is 9.93. The molecule has 2 heterocycles. The number of aromatic hydroxyl groups is 1. The Balaban J connectivity index is 0.988. The van der Waals surface area contributed by atoms with Crippen LogP contribution in [-0.4, -0.2) is 57.2 Å². The molecule has 4 aliphatic rings. The summed E-state index contributed by atoms with van der Waals surface area (Å²) < 4.78 is 21.8. The highest BCUT2D eigenvalue weighted by Gasteiger charge is 2.62. The second kappa shape index (κ2) is 16.8. The van der Waals surface area contributed by atoms with Crippen molar-refractivity contribution in [2.24, 2.45) is 29.6 Å². The van der Waals surface area contributed by atoms with Crippen molar-refractivity contribution in [2.75, 3.05) is 38.2 Å². The molecule has 2 aliphatic carbocycles. The van der Waals surface area contributed by atoms with Crippen molar-refractivity contribution in [3.8, 4) is 28.7 Å². The Morgan fingerprint density at radius 1 is 0.524 bits per heavy atom. The molecule has 11 nitrogen and oxygen atoms in total. The van der Waals surface area contributed by atoms with E-state index in [0.717, 1.165) is 33.4 Å². The quantitative estimate of drug-likeness (QED) is 0.0788. The standard InChI is InChI=1S/C52H46N2O9/c1-60-38-21-25-44(62-3)33(27-38)11-5-30-7-15-35(16-8-30)53-49(56)41-24-23-40-42(47(41)51(53)58)29-43-48(46(40)32-13-19-37(55)20-14-32)52(59)54(50(43)57)36-17-9-31(10-18-36)6-12-34-28-39(61-2)22-26-45(34)63-4/h5-23,25-28,41-43,46-48,55H,24,29H2,1-4H3. The van der Waals surface area contributed by atoms with E-state index in [-0.39, 0.29) is 35.8 Å². The van der Waals surface area contributed by atoms with Gasteiger partial charge in [0.2, 0.25) is 23.6 Å². The molecule has 6 atom stereocenters. The van der Waals surface area contributed by atoms with Crippen LogP contribution in [0.2, 0.25) is 0 Å². The van der Waals surface area contributed by atoms with Crippen LogP contribution in [0.3, 0.4) is 0 Å². The largest absolute Gasteiger partial charge is 0.508 e. The van der Waals surface area contributed by atoms with Crippen molar-refractivity contribution in [3.05, 3.63) is 149 Å². The van der Waals surface area contributed by atoms with Gasteiger partial charge in [0, 0.05) is 17.0 Å². The van der Waals surface area contributed by atoms with Crippen LogP contribution in [0, 0.1) is 29.6 Å². The van der Waals surface area contributed by atoms with Crippen LogP contribution in [0.25, 0.3) is 24.3 Å². The number of phenols is 1. The Bertz CT molecular complexity index is 2700. The number of carbonyl (C=O) groups excluding carboxylic acids is 4. The Hall–Kier alpha value is -7.40. The summed E-state index contributed by atoms with van der Waals surface area (Å²) in [4.78, 5) is 60.6. The molecule has 0 radical (unpaired) electrons. The molecule has 3 fully saturated rings. The van der Waals surface area contributed by atoms with Crippen molar-refractivity contribution >= 4 is 59.3 Å². The number of hydrogen-bond acceptors (Lipinski definition) is 9. The van der Waals surface area contributed by atoms with E-state index < -0.39 is 35.5 Å². The Kier molecular flexibility index (Phi) is 10.9. The average Bonchev–Trinajstić information content (AvgIpc) is 3.72. The van der Waals surface area contributed by atoms with Gasteiger partial charge in [-0.05, 0) is 108 Å². The number of allylic oxidation sites excluding steroid dienone is 2. The van der Waals surface area contributed by atoms with Crippen LogP contribution in [0.4, 0.5) is 11.4 Å². The van der Waals surface area contributed by atoms with E-state index in [1.54, 1.807) is 77.0 Å². The van der Waals surface area contributed by atoms with Gasteiger partial charge in [0.15, 0.2) is 0 Å². The fourth-order valence-corrected chi connectivity index (χ4v) is 9.93. The van der Waals surface area contributed by atoms with E-state index in [2.05, 4.69) is 0 Å². The first kappa shape index (κ1) is 41.0. The monoisotopic (exact) mass is 842 g/mol. The zero-order valence-corrected chi connectivity index (χ0v) is 35.3. The third-order valence-corrected chi connectivity index (χ3v) is 13.0. The van der Waals surface area contributed by atoms with E-state index in [1.165, 1.54) is 9.80 Å². The van der Waals surface area contributed by atoms with Gasteiger partial charge in [-0.2, -0.15) is 0 Å². The number of amides is 4. The van der Waals surface area contributed by atoms with Crippen molar-refractivity contribution in [2.45, 2.75) is 18.8 Å². The van der Waals surface area contributed by atoms with Crippen molar-refractivity contribution < 1.29 is 43.2 Å². The maximum absolute atomic E-state index is 14.6. The second-order valence-corrected chi connectivity index (χ2v) is 16.2. The zero-order chi connectivity index (χ0) is 43.9. The Morgan fingerprint density at radius 3 is 1.51 bits per heavy atom. The van der Waals surface area contributed by atoms with Crippen molar-refractivity contribution in [1.29, 1.82) is 0 Å². The molecule has 1 saturated carbocycles. The van der Waals surface area contributed by atoms with Crippen LogP contribution >= 0.6 is 0 Å². The van der Waals surface area contributed by atoms with E-state index in [1.807, 2.05) is 91.0 Å². The summed E-state index contributed by atoms with van der Waals surface area (Å²) >= 11 is 0. The van der Waals surface area contributed by atoms with Gasteiger partial charge in [-0.15, -0.1) is 0 Å². The normalized spacial score (nSPS) is 22.9. The van der Waals surface area contributed by atoms with Crippen molar-refractivity contribution in [3.63, 3.8) is 0 Å². The minimum atomic E-state index is -0.734. The third kappa shape index (κ3) is 7.33. The van der Waals surface area contributed by atoms with Crippen LogP contribution in [0.1, 0.15) is 46.6 Å². The molecule has 5 aromatic rings. The number of imide groups is 2. The molecule has 6 unspecified atom stereocenters. The molecule has 0 bridgehead atoms. The molecular weight excluding hydrogens is 797 g/mol. The predicted octanol–water partition coefficient (Wildman–Crippen LogP) is 8.81. The van der Waals surface area contributed by atoms with Crippen LogP contribution in [-0.2, 0) is 19.2 Å². The van der Waals surface area contributed by atoms with Gasteiger partial charge in [0.25, 0.3) is 0 Å². The molecule has 2 aliphatic heterocycles. The smallest absolute Gasteiger partial charge is 0.238 e.